The quantitative estimate of drug-likeness (QED) is 0.429. The summed E-state index contributed by atoms with van der Waals surface area (Å²) in [6, 6.07) is 21.0. The van der Waals surface area contributed by atoms with Gasteiger partial charge in [0.15, 0.2) is 0 Å². The molecule has 0 bridgehead atoms. The van der Waals surface area contributed by atoms with Crippen LogP contribution >= 0.6 is 0 Å². The Hall–Kier alpha value is -2.08. The highest BCUT2D eigenvalue weighted by Crippen LogP contribution is 2.16. The molecule has 1 unspecified atom stereocenters. The highest BCUT2D eigenvalue weighted by molar-refractivity contribution is 7.03. The van der Waals surface area contributed by atoms with Crippen LogP contribution in [0.3, 0.4) is 0 Å². The summed E-state index contributed by atoms with van der Waals surface area (Å²) in [5, 5.41) is 2.38. The molecule has 0 fully saturated rings. The predicted octanol–water partition coefficient (Wildman–Crippen LogP) is 4.32. The molecule has 0 aliphatic heterocycles. The normalized spacial score (nSPS) is 12.8. The van der Waals surface area contributed by atoms with E-state index < -0.39 is 8.32 Å². The molecule has 2 rings (SSSR count). The van der Waals surface area contributed by atoms with E-state index in [2.05, 4.69) is 94.3 Å². The van der Waals surface area contributed by atoms with Crippen LogP contribution in [0.25, 0.3) is 0 Å². The van der Waals surface area contributed by atoms with Gasteiger partial charge >= 0.3 is 8.32 Å². The Morgan fingerprint density at radius 3 is 1.88 bits per heavy atom. The summed E-state index contributed by atoms with van der Waals surface area (Å²) >= 11 is 0. The molecule has 2 aromatic carbocycles. The Balaban J connectivity index is 2.68. The van der Waals surface area contributed by atoms with Crippen LogP contribution in [0.1, 0.15) is 34.1 Å². The van der Waals surface area contributed by atoms with Crippen LogP contribution in [0.2, 0.25) is 0 Å². The zero-order valence-electron chi connectivity index (χ0n) is 15.8. The summed E-state index contributed by atoms with van der Waals surface area (Å²) in [6.07, 6.45) is 2.79. The second-order valence-electron chi connectivity index (χ2n) is 7.37. The highest BCUT2D eigenvalue weighted by Gasteiger charge is 2.40. The average molecular weight is 349 g/mol. The van der Waals surface area contributed by atoms with Gasteiger partial charge in [0.2, 0.25) is 0 Å². The minimum atomic E-state index is -2.67. The molecule has 0 aliphatic rings. The smallest absolute Gasteiger partial charge is 0.337 e. The van der Waals surface area contributed by atoms with Crippen molar-refractivity contribution in [1.82, 2.24) is 0 Å². The van der Waals surface area contributed by atoms with Gasteiger partial charge in [-0.2, -0.15) is 0 Å². The van der Waals surface area contributed by atoms with Crippen LogP contribution in [0.4, 0.5) is 0 Å². The zero-order chi connectivity index (χ0) is 18.3. The summed E-state index contributed by atoms with van der Waals surface area (Å²) in [6.45, 7) is 12.4. The molecule has 2 aromatic rings. The fourth-order valence-electron chi connectivity index (χ4n) is 2.68. The third-order valence-electron chi connectivity index (χ3n) is 3.85. The van der Waals surface area contributed by atoms with E-state index >= 15 is 0 Å². The monoisotopic (exact) mass is 348 g/mol. The van der Waals surface area contributed by atoms with Gasteiger partial charge in [-0.15, -0.1) is 12.5 Å². The first-order valence-electron chi connectivity index (χ1n) is 8.81. The van der Waals surface area contributed by atoms with Gasteiger partial charge in [-0.05, 0) is 44.5 Å². The van der Waals surface area contributed by atoms with Gasteiger partial charge in [0.25, 0.3) is 0 Å². The lowest BCUT2D eigenvalue weighted by Gasteiger charge is -2.31. The molecule has 0 aromatic heterocycles. The van der Waals surface area contributed by atoms with Crippen LogP contribution < -0.4 is 10.4 Å². The van der Waals surface area contributed by atoms with Gasteiger partial charge in [-0.25, -0.2) is 0 Å². The van der Waals surface area contributed by atoms with Gasteiger partial charge in [-0.3, -0.25) is 0 Å². The molecular formula is C23H28OSi. The molecule has 0 N–H and O–H groups in total. The Morgan fingerprint density at radius 1 is 1.00 bits per heavy atom. The Bertz CT molecular complexity index is 693. The third-order valence-corrected chi connectivity index (χ3v) is 7.38. The van der Waals surface area contributed by atoms with Crippen molar-refractivity contribution in [3.8, 4) is 11.5 Å². The van der Waals surface area contributed by atoms with E-state index in [0.29, 0.717) is 0 Å². The van der Waals surface area contributed by atoms with E-state index in [9.17, 15) is 0 Å². The summed E-state index contributed by atoms with van der Waals surface area (Å²) in [7, 11) is -2.67. The van der Waals surface area contributed by atoms with E-state index in [1.54, 1.807) is 0 Å². The maximum Gasteiger partial charge on any atom is 0.337 e. The fourth-order valence-corrected chi connectivity index (χ4v) is 6.21. The van der Waals surface area contributed by atoms with Crippen LogP contribution in [-0.4, -0.2) is 14.4 Å². The summed E-state index contributed by atoms with van der Waals surface area (Å²) in [4.78, 5) is 0. The van der Waals surface area contributed by atoms with Crippen LogP contribution in [0, 0.1) is 16.9 Å². The first kappa shape index (κ1) is 19.2. The lowest BCUT2D eigenvalue weighted by atomic mass is 9.99. The van der Waals surface area contributed by atoms with E-state index in [0.717, 1.165) is 6.42 Å². The van der Waals surface area contributed by atoms with Crippen molar-refractivity contribution in [2.45, 2.75) is 40.2 Å². The maximum atomic E-state index is 6.74. The lowest BCUT2D eigenvalue weighted by Crippen LogP contribution is -2.61. The molecule has 0 spiro atoms. The molecule has 130 valence electrons. The molecule has 0 saturated carbocycles. The lowest BCUT2D eigenvalue weighted by molar-refractivity contribution is 0.227. The number of hydrogen-bond acceptors (Lipinski definition) is 1. The van der Waals surface area contributed by atoms with E-state index in [1.165, 1.54) is 10.4 Å². The van der Waals surface area contributed by atoms with Gasteiger partial charge in [0, 0.05) is 11.5 Å². The molecular weight excluding hydrogens is 320 g/mol. The summed E-state index contributed by atoms with van der Waals surface area (Å²) < 4.78 is 6.74. The van der Waals surface area contributed by atoms with Crippen LogP contribution in [0.15, 0.2) is 73.3 Å². The summed E-state index contributed by atoms with van der Waals surface area (Å²) in [5.74, 6) is 3.47. The Labute approximate surface area is 153 Å². The average Bonchev–Trinajstić information content (AvgIpc) is 2.60. The molecule has 0 saturated heterocycles. The Kier molecular flexibility index (Phi) is 6.42. The maximum absolute atomic E-state index is 6.74. The molecule has 25 heavy (non-hydrogen) atoms. The SMILES string of the molecule is C=CCC(C)O[Si](C#CC(C)(C)C)(c1ccccc1)c1ccccc1. The molecule has 1 nitrogen and oxygen atoms in total. The number of rotatable bonds is 6. The second-order valence-corrected chi connectivity index (χ2v) is 10.4. The van der Waals surface area contributed by atoms with Crippen molar-refractivity contribution in [1.29, 1.82) is 0 Å². The minimum Gasteiger partial charge on any atom is -0.396 e. The van der Waals surface area contributed by atoms with E-state index in [1.807, 2.05) is 18.2 Å². The first-order valence-corrected chi connectivity index (χ1v) is 10.7. The van der Waals surface area contributed by atoms with Gasteiger partial charge in [-0.1, -0.05) is 72.3 Å². The summed E-state index contributed by atoms with van der Waals surface area (Å²) in [5.41, 5.74) is 3.55. The fraction of sp³-hybridized carbons (Fsp3) is 0.304. The number of hydrogen-bond donors (Lipinski definition) is 0. The predicted molar refractivity (Wildman–Crippen MR) is 110 cm³/mol. The Morgan fingerprint density at radius 2 is 1.48 bits per heavy atom. The molecule has 0 aliphatic carbocycles. The van der Waals surface area contributed by atoms with Crippen molar-refractivity contribution < 1.29 is 4.43 Å². The van der Waals surface area contributed by atoms with Crippen molar-refractivity contribution in [3.63, 3.8) is 0 Å². The molecule has 2 heteroatoms. The molecule has 0 radical (unpaired) electrons. The highest BCUT2D eigenvalue weighted by atomic mass is 28.4. The van der Waals surface area contributed by atoms with Crippen molar-refractivity contribution in [3.05, 3.63) is 73.3 Å². The van der Waals surface area contributed by atoms with Crippen molar-refractivity contribution in [2.24, 2.45) is 5.41 Å². The first-order chi connectivity index (χ1) is 11.9. The van der Waals surface area contributed by atoms with Gasteiger partial charge < -0.3 is 4.43 Å². The number of benzene rings is 2. The largest absolute Gasteiger partial charge is 0.396 e. The van der Waals surface area contributed by atoms with Crippen molar-refractivity contribution in [2.75, 3.05) is 0 Å². The minimum absolute atomic E-state index is 0.0684. The van der Waals surface area contributed by atoms with E-state index in [4.69, 9.17) is 4.43 Å². The third kappa shape index (κ3) is 5.19. The van der Waals surface area contributed by atoms with Crippen molar-refractivity contribution >= 4 is 18.7 Å². The topological polar surface area (TPSA) is 9.23 Å². The van der Waals surface area contributed by atoms with Crippen LogP contribution in [0.5, 0.6) is 0 Å². The van der Waals surface area contributed by atoms with Gasteiger partial charge in [0.05, 0.1) is 0 Å². The second kappa shape index (κ2) is 8.34. The van der Waals surface area contributed by atoms with E-state index in [-0.39, 0.29) is 11.5 Å². The zero-order valence-corrected chi connectivity index (χ0v) is 16.8. The van der Waals surface area contributed by atoms with Gasteiger partial charge in [0.1, 0.15) is 0 Å². The van der Waals surface area contributed by atoms with Crippen LogP contribution in [-0.2, 0) is 4.43 Å². The molecule has 0 heterocycles. The standard InChI is InChI=1S/C23H28OSi/c1-6-13-20(2)24-25(19-18-23(3,4)5,21-14-9-7-10-15-21)22-16-11-8-12-17-22/h6-12,14-17,20H,1,13H2,2-5H3. The molecule has 1 atom stereocenters. The molecule has 0 amide bonds.